The first-order chi connectivity index (χ1) is 10.5. The predicted molar refractivity (Wildman–Crippen MR) is 80.9 cm³/mol. The molecule has 0 amide bonds. The van der Waals surface area contributed by atoms with E-state index in [-0.39, 0.29) is 5.69 Å². The van der Waals surface area contributed by atoms with Crippen molar-refractivity contribution in [3.05, 3.63) is 66.5 Å². The lowest BCUT2D eigenvalue weighted by Gasteiger charge is -2.03. The highest BCUT2D eigenvalue weighted by Crippen LogP contribution is 2.17. The first-order valence-electron chi connectivity index (χ1n) is 6.43. The second-order valence-corrected chi connectivity index (χ2v) is 4.27. The van der Waals surface area contributed by atoms with Crippen LogP contribution in [-0.4, -0.2) is 21.5 Å². The Bertz CT molecular complexity index is 835. The van der Waals surface area contributed by atoms with Gasteiger partial charge >= 0.3 is 16.9 Å². The van der Waals surface area contributed by atoms with Crippen LogP contribution in [0.4, 0.5) is 5.69 Å². The zero-order valence-corrected chi connectivity index (χ0v) is 11.7. The molecule has 0 aliphatic rings. The Kier molecular flexibility index (Phi) is 4.52. The second kappa shape index (κ2) is 6.53. The number of benzene rings is 1. The molecule has 0 unspecified atom stereocenters. The van der Waals surface area contributed by atoms with E-state index in [9.17, 15) is 19.7 Å². The molecule has 8 nitrogen and oxygen atoms in total. The SMILES string of the molecule is CCOc1cccc(/C=C/c2[nH]c(=O)[nH]c(=O)c2[N+](=O)[O-])c1. The second-order valence-electron chi connectivity index (χ2n) is 4.27. The average molecular weight is 303 g/mol. The molecule has 0 aliphatic heterocycles. The van der Waals surface area contributed by atoms with Crippen LogP contribution < -0.4 is 16.0 Å². The molecule has 114 valence electrons. The molecule has 0 saturated heterocycles. The summed E-state index contributed by atoms with van der Waals surface area (Å²) in [5, 5.41) is 10.9. The molecule has 0 spiro atoms. The van der Waals surface area contributed by atoms with Crippen molar-refractivity contribution in [1.82, 2.24) is 9.97 Å². The molecule has 22 heavy (non-hydrogen) atoms. The van der Waals surface area contributed by atoms with Crippen molar-refractivity contribution in [1.29, 1.82) is 0 Å². The fourth-order valence-corrected chi connectivity index (χ4v) is 1.85. The van der Waals surface area contributed by atoms with Gasteiger partial charge < -0.3 is 9.72 Å². The van der Waals surface area contributed by atoms with Crippen molar-refractivity contribution in [3.63, 3.8) is 0 Å². The van der Waals surface area contributed by atoms with Crippen LogP contribution in [0.1, 0.15) is 18.2 Å². The van der Waals surface area contributed by atoms with E-state index >= 15 is 0 Å². The van der Waals surface area contributed by atoms with Crippen molar-refractivity contribution < 1.29 is 9.66 Å². The van der Waals surface area contributed by atoms with Gasteiger partial charge in [-0.2, -0.15) is 0 Å². The Morgan fingerprint density at radius 1 is 1.27 bits per heavy atom. The zero-order chi connectivity index (χ0) is 16.1. The average Bonchev–Trinajstić information content (AvgIpc) is 2.44. The van der Waals surface area contributed by atoms with Crippen LogP contribution in [-0.2, 0) is 0 Å². The van der Waals surface area contributed by atoms with Crippen molar-refractivity contribution in [3.8, 4) is 5.75 Å². The van der Waals surface area contributed by atoms with Gasteiger partial charge in [0.1, 0.15) is 11.4 Å². The van der Waals surface area contributed by atoms with E-state index in [2.05, 4.69) is 4.98 Å². The first kappa shape index (κ1) is 15.2. The third kappa shape index (κ3) is 3.48. The number of ether oxygens (including phenoxy) is 1. The van der Waals surface area contributed by atoms with Gasteiger partial charge in [-0.05, 0) is 30.7 Å². The summed E-state index contributed by atoms with van der Waals surface area (Å²) in [5.41, 5.74) is -2.02. The van der Waals surface area contributed by atoms with Gasteiger partial charge in [0.2, 0.25) is 0 Å². The van der Waals surface area contributed by atoms with Gasteiger partial charge in [-0.1, -0.05) is 18.2 Å². The lowest BCUT2D eigenvalue weighted by molar-refractivity contribution is -0.386. The monoisotopic (exact) mass is 303 g/mol. The van der Waals surface area contributed by atoms with Gasteiger partial charge in [-0.15, -0.1) is 0 Å². The fourth-order valence-electron chi connectivity index (χ4n) is 1.85. The molecule has 0 radical (unpaired) electrons. The maximum absolute atomic E-state index is 11.5. The molecule has 8 heteroatoms. The number of rotatable bonds is 5. The molecule has 0 saturated carbocycles. The predicted octanol–water partition coefficient (Wildman–Crippen LogP) is 1.54. The quantitative estimate of drug-likeness (QED) is 0.641. The van der Waals surface area contributed by atoms with Gasteiger partial charge in [-0.25, -0.2) is 4.79 Å². The summed E-state index contributed by atoms with van der Waals surface area (Å²) < 4.78 is 5.34. The highest BCUT2D eigenvalue weighted by Gasteiger charge is 2.18. The summed E-state index contributed by atoms with van der Waals surface area (Å²) in [5.74, 6) is 0.651. The molecule has 0 atom stereocenters. The van der Waals surface area contributed by atoms with Crippen molar-refractivity contribution in [2.45, 2.75) is 6.92 Å². The van der Waals surface area contributed by atoms with E-state index < -0.39 is 21.9 Å². The van der Waals surface area contributed by atoms with Gasteiger partial charge in [0, 0.05) is 0 Å². The number of H-pyrrole nitrogens is 2. The molecule has 1 aromatic carbocycles. The minimum atomic E-state index is -1.04. The Morgan fingerprint density at radius 3 is 2.73 bits per heavy atom. The topological polar surface area (TPSA) is 118 Å². The Hall–Kier alpha value is -3.16. The zero-order valence-electron chi connectivity index (χ0n) is 11.7. The molecule has 1 aromatic heterocycles. The molecule has 0 bridgehead atoms. The molecule has 1 heterocycles. The van der Waals surface area contributed by atoms with Crippen LogP contribution in [0.15, 0.2) is 33.9 Å². The van der Waals surface area contributed by atoms with E-state index in [1.165, 1.54) is 6.08 Å². The smallest absolute Gasteiger partial charge is 0.357 e. The summed E-state index contributed by atoms with van der Waals surface area (Å²) >= 11 is 0. The maximum Gasteiger partial charge on any atom is 0.357 e. The summed E-state index contributed by atoms with van der Waals surface area (Å²) in [6.45, 7) is 2.37. The van der Waals surface area contributed by atoms with Crippen LogP contribution in [0, 0.1) is 10.1 Å². The summed E-state index contributed by atoms with van der Waals surface area (Å²) in [6.07, 6.45) is 2.85. The van der Waals surface area contributed by atoms with E-state index in [4.69, 9.17) is 4.74 Å². The van der Waals surface area contributed by atoms with Gasteiger partial charge in [0.15, 0.2) is 0 Å². The number of aromatic nitrogens is 2. The minimum Gasteiger partial charge on any atom is -0.494 e. The molecular formula is C14H13N3O5. The number of nitro groups is 1. The Labute approximate surface area is 124 Å². The highest BCUT2D eigenvalue weighted by molar-refractivity contribution is 5.72. The standard InChI is InChI=1S/C14H13N3O5/c1-2-22-10-5-3-4-9(8-10)6-7-11-12(17(20)21)13(18)16-14(19)15-11/h3-8H,2H2,1H3,(H2,15,16,18,19)/b7-6+. The van der Waals surface area contributed by atoms with Gasteiger partial charge in [0.05, 0.1) is 11.5 Å². The summed E-state index contributed by atoms with van der Waals surface area (Å²) in [4.78, 5) is 36.9. The van der Waals surface area contributed by atoms with Crippen LogP contribution >= 0.6 is 0 Å². The van der Waals surface area contributed by atoms with E-state index in [0.717, 1.165) is 0 Å². The lowest BCUT2D eigenvalue weighted by atomic mass is 10.2. The molecule has 2 rings (SSSR count). The third-order valence-electron chi connectivity index (χ3n) is 2.74. The number of nitrogens with zero attached hydrogens (tertiary/aromatic N) is 1. The lowest BCUT2D eigenvalue weighted by Crippen LogP contribution is -2.25. The highest BCUT2D eigenvalue weighted by atomic mass is 16.6. The third-order valence-corrected chi connectivity index (χ3v) is 2.74. The number of aromatic amines is 2. The van der Waals surface area contributed by atoms with Crippen molar-refractivity contribution in [2.24, 2.45) is 0 Å². The number of hydrogen-bond donors (Lipinski definition) is 2. The molecule has 2 aromatic rings. The van der Waals surface area contributed by atoms with Crippen LogP contribution in [0.2, 0.25) is 0 Å². The van der Waals surface area contributed by atoms with Crippen LogP contribution in [0.5, 0.6) is 5.75 Å². The van der Waals surface area contributed by atoms with Crippen LogP contribution in [0.3, 0.4) is 0 Å². The summed E-state index contributed by atoms with van der Waals surface area (Å²) in [7, 11) is 0. The fraction of sp³-hybridized carbons (Fsp3) is 0.143. The molecule has 0 fully saturated rings. The normalized spacial score (nSPS) is 10.8. The molecular weight excluding hydrogens is 290 g/mol. The number of nitrogens with one attached hydrogen (secondary N) is 2. The van der Waals surface area contributed by atoms with Crippen molar-refractivity contribution in [2.75, 3.05) is 6.61 Å². The Balaban J connectivity index is 2.42. The largest absolute Gasteiger partial charge is 0.494 e. The van der Waals surface area contributed by atoms with Crippen LogP contribution in [0.25, 0.3) is 12.2 Å². The maximum atomic E-state index is 11.5. The number of hydrogen-bond acceptors (Lipinski definition) is 5. The molecule has 2 N–H and O–H groups in total. The van der Waals surface area contributed by atoms with E-state index in [1.807, 2.05) is 11.9 Å². The van der Waals surface area contributed by atoms with E-state index in [0.29, 0.717) is 17.9 Å². The van der Waals surface area contributed by atoms with Gasteiger partial charge in [0.25, 0.3) is 0 Å². The first-order valence-corrected chi connectivity index (χ1v) is 6.43. The Morgan fingerprint density at radius 2 is 2.05 bits per heavy atom. The molecule has 0 aliphatic carbocycles. The van der Waals surface area contributed by atoms with E-state index in [1.54, 1.807) is 30.3 Å². The van der Waals surface area contributed by atoms with Crippen molar-refractivity contribution >= 4 is 17.8 Å². The minimum absolute atomic E-state index is 0.166. The summed E-state index contributed by atoms with van der Waals surface area (Å²) in [6, 6.07) is 7.03. The van der Waals surface area contributed by atoms with Gasteiger partial charge in [-0.3, -0.25) is 19.9 Å².